The van der Waals surface area contributed by atoms with Crippen LogP contribution >= 0.6 is 0 Å². The monoisotopic (exact) mass is 151 g/mol. The van der Waals surface area contributed by atoms with E-state index in [0.717, 1.165) is 12.0 Å². The van der Waals surface area contributed by atoms with E-state index in [9.17, 15) is 0 Å². The van der Waals surface area contributed by atoms with Crippen molar-refractivity contribution in [1.29, 1.82) is 0 Å². The molecule has 0 radical (unpaired) electrons. The van der Waals surface area contributed by atoms with Gasteiger partial charge < -0.3 is 5.32 Å². The third-order valence-electron chi connectivity index (χ3n) is 3.42. The van der Waals surface area contributed by atoms with Crippen LogP contribution in [0.4, 0.5) is 0 Å². The highest BCUT2D eigenvalue weighted by Crippen LogP contribution is 2.43. The van der Waals surface area contributed by atoms with E-state index in [2.05, 4.69) is 25.7 Å². The molecule has 1 heteroatoms. The molecular formula is C10H17N. The van der Waals surface area contributed by atoms with Crippen LogP contribution in [0.15, 0.2) is 12.2 Å². The maximum atomic E-state index is 4.03. The van der Waals surface area contributed by atoms with Crippen LogP contribution < -0.4 is 5.32 Å². The van der Waals surface area contributed by atoms with E-state index >= 15 is 0 Å². The number of allylic oxidation sites excluding steroid dienone is 1. The van der Waals surface area contributed by atoms with Crippen LogP contribution in [-0.4, -0.2) is 11.6 Å². The van der Waals surface area contributed by atoms with Crippen molar-refractivity contribution in [3.8, 4) is 0 Å². The Morgan fingerprint density at radius 2 is 2.36 bits per heavy atom. The quantitative estimate of drug-likeness (QED) is 0.450. The fraction of sp³-hybridized carbons (Fsp3) is 0.800. The van der Waals surface area contributed by atoms with E-state index in [-0.39, 0.29) is 0 Å². The van der Waals surface area contributed by atoms with Gasteiger partial charge >= 0.3 is 0 Å². The van der Waals surface area contributed by atoms with Crippen molar-refractivity contribution in [3.05, 3.63) is 12.2 Å². The molecule has 11 heavy (non-hydrogen) atoms. The fourth-order valence-electron chi connectivity index (χ4n) is 2.25. The van der Waals surface area contributed by atoms with Crippen molar-refractivity contribution in [3.63, 3.8) is 0 Å². The van der Waals surface area contributed by atoms with Gasteiger partial charge in [0, 0.05) is 11.6 Å². The Kier molecular flexibility index (Phi) is 1.40. The molecular weight excluding hydrogens is 134 g/mol. The molecule has 1 N–H and O–H groups in total. The first kappa shape index (κ1) is 7.35. The lowest BCUT2D eigenvalue weighted by Crippen LogP contribution is -2.21. The first-order valence-corrected chi connectivity index (χ1v) is 4.55. The second-order valence-electron chi connectivity index (χ2n) is 4.43. The molecule has 1 nitrogen and oxygen atoms in total. The van der Waals surface area contributed by atoms with E-state index < -0.39 is 0 Å². The molecule has 0 aromatic rings. The van der Waals surface area contributed by atoms with E-state index in [4.69, 9.17) is 0 Å². The van der Waals surface area contributed by atoms with E-state index in [1.165, 1.54) is 24.8 Å². The molecule has 1 aliphatic carbocycles. The van der Waals surface area contributed by atoms with Crippen LogP contribution in [0.25, 0.3) is 0 Å². The van der Waals surface area contributed by atoms with Gasteiger partial charge in [0.05, 0.1) is 0 Å². The molecule has 62 valence electrons. The van der Waals surface area contributed by atoms with Gasteiger partial charge in [-0.1, -0.05) is 12.2 Å². The van der Waals surface area contributed by atoms with Crippen LogP contribution in [0.2, 0.25) is 0 Å². The first-order chi connectivity index (χ1) is 5.12. The number of hydrogen-bond donors (Lipinski definition) is 1. The Morgan fingerprint density at radius 3 is 2.91 bits per heavy atom. The van der Waals surface area contributed by atoms with Gasteiger partial charge in [-0.05, 0) is 39.0 Å². The molecule has 1 saturated heterocycles. The van der Waals surface area contributed by atoms with Crippen molar-refractivity contribution < 1.29 is 0 Å². The largest absolute Gasteiger partial charge is 0.305 e. The molecule has 3 atom stereocenters. The Hall–Kier alpha value is -0.300. The third-order valence-corrected chi connectivity index (χ3v) is 3.42. The van der Waals surface area contributed by atoms with Crippen molar-refractivity contribution >= 4 is 0 Å². The van der Waals surface area contributed by atoms with Gasteiger partial charge in [-0.25, -0.2) is 0 Å². The second-order valence-corrected chi connectivity index (χ2v) is 4.43. The fourth-order valence-corrected chi connectivity index (χ4v) is 2.25. The van der Waals surface area contributed by atoms with Crippen molar-refractivity contribution in [2.24, 2.45) is 5.92 Å². The third kappa shape index (κ3) is 1.12. The van der Waals surface area contributed by atoms with E-state index in [0.29, 0.717) is 5.54 Å². The molecule has 2 rings (SSSR count). The van der Waals surface area contributed by atoms with Crippen molar-refractivity contribution in [2.45, 2.75) is 44.7 Å². The van der Waals surface area contributed by atoms with Gasteiger partial charge in [-0.2, -0.15) is 0 Å². The Morgan fingerprint density at radius 1 is 1.64 bits per heavy atom. The highest BCUT2D eigenvalue weighted by atomic mass is 15.2. The van der Waals surface area contributed by atoms with E-state index in [1.807, 2.05) is 0 Å². The summed E-state index contributed by atoms with van der Waals surface area (Å²) in [6.45, 7) is 8.53. The van der Waals surface area contributed by atoms with Crippen LogP contribution in [-0.2, 0) is 0 Å². The number of rotatable bonds is 1. The zero-order valence-corrected chi connectivity index (χ0v) is 7.48. The molecule has 1 heterocycles. The molecule has 2 fully saturated rings. The summed E-state index contributed by atoms with van der Waals surface area (Å²) in [6, 6.07) is 0.804. The van der Waals surface area contributed by atoms with Crippen LogP contribution in [0.1, 0.15) is 33.1 Å². The summed E-state index contributed by atoms with van der Waals surface area (Å²) in [5.41, 5.74) is 1.90. The lowest BCUT2D eigenvalue weighted by molar-refractivity contribution is 0.396. The molecule has 0 amide bonds. The van der Waals surface area contributed by atoms with Crippen LogP contribution in [0, 0.1) is 5.92 Å². The smallest absolute Gasteiger partial charge is 0.0310 e. The van der Waals surface area contributed by atoms with Crippen molar-refractivity contribution in [1.82, 2.24) is 5.32 Å². The minimum absolute atomic E-state index is 0.520. The highest BCUT2D eigenvalue weighted by molar-refractivity contribution is 5.17. The van der Waals surface area contributed by atoms with Gasteiger partial charge in [-0.15, -0.1) is 0 Å². The summed E-state index contributed by atoms with van der Waals surface area (Å²) >= 11 is 0. The van der Waals surface area contributed by atoms with E-state index in [1.54, 1.807) is 0 Å². The average Bonchev–Trinajstić information content (AvgIpc) is 2.58. The minimum atomic E-state index is 0.520. The summed E-state index contributed by atoms with van der Waals surface area (Å²) in [7, 11) is 0. The Balaban J connectivity index is 1.98. The molecule has 1 saturated carbocycles. The van der Waals surface area contributed by atoms with Crippen LogP contribution in [0.3, 0.4) is 0 Å². The molecule has 2 aliphatic rings. The SMILES string of the molecule is C=C(C)[C@@H]1CCC2(C)NC2C1. The normalized spacial score (nSPS) is 48.2. The first-order valence-electron chi connectivity index (χ1n) is 4.55. The summed E-state index contributed by atoms with van der Waals surface area (Å²) in [6.07, 6.45) is 4.01. The zero-order valence-electron chi connectivity index (χ0n) is 7.48. The summed E-state index contributed by atoms with van der Waals surface area (Å²) < 4.78 is 0. The predicted octanol–water partition coefficient (Wildman–Crippen LogP) is 2.09. The number of fused-ring (bicyclic) bond motifs is 1. The maximum Gasteiger partial charge on any atom is 0.0310 e. The molecule has 1 aliphatic heterocycles. The molecule has 0 bridgehead atoms. The van der Waals surface area contributed by atoms with Crippen molar-refractivity contribution in [2.75, 3.05) is 0 Å². The maximum absolute atomic E-state index is 4.03. The Bertz CT molecular complexity index is 197. The lowest BCUT2D eigenvalue weighted by Gasteiger charge is -2.23. The predicted molar refractivity (Wildman–Crippen MR) is 47.5 cm³/mol. The summed E-state index contributed by atoms with van der Waals surface area (Å²) in [5, 5.41) is 3.55. The number of nitrogens with one attached hydrogen (secondary N) is 1. The van der Waals surface area contributed by atoms with Gasteiger partial charge in [0.2, 0.25) is 0 Å². The molecule has 0 aromatic carbocycles. The molecule has 2 unspecified atom stereocenters. The van der Waals surface area contributed by atoms with Gasteiger partial charge in [0.15, 0.2) is 0 Å². The summed E-state index contributed by atoms with van der Waals surface area (Å²) in [5.74, 6) is 0.795. The average molecular weight is 151 g/mol. The molecule has 0 aromatic heterocycles. The Labute approximate surface area is 68.9 Å². The second kappa shape index (κ2) is 2.10. The molecule has 0 spiro atoms. The van der Waals surface area contributed by atoms with Gasteiger partial charge in [0.25, 0.3) is 0 Å². The summed E-state index contributed by atoms with van der Waals surface area (Å²) in [4.78, 5) is 0. The van der Waals surface area contributed by atoms with Gasteiger partial charge in [0.1, 0.15) is 0 Å². The number of hydrogen-bond acceptors (Lipinski definition) is 1. The zero-order chi connectivity index (χ0) is 8.06. The highest BCUT2D eigenvalue weighted by Gasteiger charge is 2.52. The topological polar surface area (TPSA) is 21.9 Å². The lowest BCUT2D eigenvalue weighted by atomic mass is 9.80. The standard InChI is InChI=1S/C10H17N/c1-7(2)8-4-5-10(3)9(6-8)11-10/h8-9,11H,1,4-6H2,2-3H3/t8-,9?,10?/m1/s1. The minimum Gasteiger partial charge on any atom is -0.305 e. The van der Waals surface area contributed by atoms with Crippen LogP contribution in [0.5, 0.6) is 0 Å². The van der Waals surface area contributed by atoms with Gasteiger partial charge in [-0.3, -0.25) is 0 Å².